The quantitative estimate of drug-likeness (QED) is 0.616. The van der Waals surface area contributed by atoms with E-state index in [-0.39, 0.29) is 5.41 Å². The second-order valence-corrected chi connectivity index (χ2v) is 7.50. The first-order valence-electron chi connectivity index (χ1n) is 8.42. The Morgan fingerprint density at radius 1 is 1.14 bits per heavy atom. The third-order valence-corrected chi connectivity index (χ3v) is 6.29. The van der Waals surface area contributed by atoms with Crippen molar-refractivity contribution in [3.63, 3.8) is 0 Å². The number of fused-ring (bicyclic) bond motifs is 6. The second-order valence-electron chi connectivity index (χ2n) is 7.50. The molecule has 110 valence electrons. The summed E-state index contributed by atoms with van der Waals surface area (Å²) in [5.41, 5.74) is 5.55. The van der Waals surface area contributed by atoms with E-state index in [1.807, 2.05) is 0 Å². The lowest BCUT2D eigenvalue weighted by atomic mass is 9.62. The zero-order valence-corrected chi connectivity index (χ0v) is 13.0. The molecule has 5 rings (SSSR count). The van der Waals surface area contributed by atoms with Gasteiger partial charge in [0.05, 0.1) is 0 Å². The third kappa shape index (κ3) is 1.52. The van der Waals surface area contributed by atoms with Crippen LogP contribution in [0.4, 0.5) is 0 Å². The maximum atomic E-state index is 12.5. The Kier molecular flexibility index (Phi) is 2.35. The van der Waals surface area contributed by atoms with Gasteiger partial charge in [-0.2, -0.15) is 0 Å². The van der Waals surface area contributed by atoms with Crippen molar-refractivity contribution >= 4 is 16.6 Å². The van der Waals surface area contributed by atoms with Crippen LogP contribution in [0, 0.1) is 12.8 Å². The van der Waals surface area contributed by atoms with Crippen LogP contribution < -0.4 is 0 Å². The predicted molar refractivity (Wildman–Crippen MR) is 89.4 cm³/mol. The van der Waals surface area contributed by atoms with Crippen LogP contribution in [0.25, 0.3) is 10.8 Å². The van der Waals surface area contributed by atoms with E-state index in [1.165, 1.54) is 41.2 Å². The van der Waals surface area contributed by atoms with E-state index in [4.69, 9.17) is 0 Å². The number of hydrogen-bond donors (Lipinski definition) is 0. The summed E-state index contributed by atoms with van der Waals surface area (Å²) in [4.78, 5) is 12.5. The number of Topliss-reactive ketones (excluding diaryl/α,β-unsaturated/α-hetero) is 1. The number of hydrogen-bond acceptors (Lipinski definition) is 1. The average Bonchev–Trinajstić information content (AvgIpc) is 3.11. The highest BCUT2D eigenvalue weighted by Crippen LogP contribution is 2.58. The molecule has 1 fully saturated rings. The monoisotopic (exact) mass is 288 g/mol. The Bertz CT molecular complexity index is 858. The van der Waals surface area contributed by atoms with Crippen LogP contribution in [0.5, 0.6) is 0 Å². The molecule has 1 nitrogen and oxygen atoms in total. The number of rotatable bonds is 0. The SMILES string of the molecule is Cc1ccc2cc3c(cc2c1)C1(CCC3=O)CC2=CCC1C2. The molecule has 0 amide bonds. The zero-order valence-electron chi connectivity index (χ0n) is 13.0. The molecule has 0 aliphatic heterocycles. The van der Waals surface area contributed by atoms with Gasteiger partial charge in [-0.25, -0.2) is 0 Å². The minimum absolute atomic E-state index is 0.255. The molecule has 1 heteroatoms. The molecule has 2 aromatic rings. The van der Waals surface area contributed by atoms with Crippen LogP contribution in [0.1, 0.15) is 53.6 Å². The summed E-state index contributed by atoms with van der Waals surface area (Å²) < 4.78 is 0. The first-order valence-corrected chi connectivity index (χ1v) is 8.42. The van der Waals surface area contributed by atoms with Gasteiger partial charge >= 0.3 is 0 Å². The van der Waals surface area contributed by atoms with Crippen molar-refractivity contribution in [3.8, 4) is 0 Å². The van der Waals surface area contributed by atoms with Gasteiger partial charge in [-0.1, -0.05) is 35.4 Å². The summed E-state index contributed by atoms with van der Waals surface area (Å²) in [7, 11) is 0. The van der Waals surface area contributed by atoms with Gasteiger partial charge in [0.15, 0.2) is 5.78 Å². The fourth-order valence-corrected chi connectivity index (χ4v) is 5.18. The van der Waals surface area contributed by atoms with E-state index >= 15 is 0 Å². The fourth-order valence-electron chi connectivity index (χ4n) is 5.18. The summed E-state index contributed by atoms with van der Waals surface area (Å²) in [6.45, 7) is 2.14. The van der Waals surface area contributed by atoms with Crippen molar-refractivity contribution in [1.82, 2.24) is 0 Å². The normalized spacial score (nSPS) is 29.2. The van der Waals surface area contributed by atoms with Gasteiger partial charge in [0.1, 0.15) is 0 Å². The minimum atomic E-state index is 0.255. The number of carbonyl (C=O) groups is 1. The van der Waals surface area contributed by atoms with E-state index in [9.17, 15) is 4.79 Å². The summed E-state index contributed by atoms with van der Waals surface area (Å²) in [6.07, 6.45) is 7.90. The maximum absolute atomic E-state index is 12.5. The highest BCUT2D eigenvalue weighted by Gasteiger charge is 2.51. The Labute approximate surface area is 131 Å². The molecule has 0 aromatic heterocycles. The van der Waals surface area contributed by atoms with Crippen molar-refractivity contribution in [2.24, 2.45) is 5.92 Å². The maximum Gasteiger partial charge on any atom is 0.163 e. The number of carbonyl (C=O) groups excluding carboxylic acids is 1. The highest BCUT2D eigenvalue weighted by molar-refractivity contribution is 6.03. The first kappa shape index (κ1) is 12.6. The number of allylic oxidation sites excluding steroid dienone is 2. The van der Waals surface area contributed by atoms with Crippen molar-refractivity contribution in [2.75, 3.05) is 0 Å². The zero-order chi connectivity index (χ0) is 14.9. The molecular weight excluding hydrogens is 268 g/mol. The largest absolute Gasteiger partial charge is 0.294 e. The molecule has 0 heterocycles. The van der Waals surface area contributed by atoms with Gasteiger partial charge in [-0.3, -0.25) is 4.79 Å². The molecule has 1 saturated carbocycles. The van der Waals surface area contributed by atoms with Gasteiger partial charge in [0.2, 0.25) is 0 Å². The number of benzene rings is 2. The molecular formula is C21H20O. The van der Waals surface area contributed by atoms with Crippen molar-refractivity contribution in [3.05, 3.63) is 58.7 Å². The van der Waals surface area contributed by atoms with Crippen LogP contribution in [0.3, 0.4) is 0 Å². The predicted octanol–water partition coefficient (Wildman–Crippen LogP) is 5.10. The fraction of sp³-hybridized carbons (Fsp3) is 0.381. The highest BCUT2D eigenvalue weighted by atomic mass is 16.1. The van der Waals surface area contributed by atoms with E-state index in [1.54, 1.807) is 5.57 Å². The minimum Gasteiger partial charge on any atom is -0.294 e. The molecule has 2 atom stereocenters. The van der Waals surface area contributed by atoms with E-state index in [0.717, 1.165) is 24.3 Å². The number of aryl methyl sites for hydroxylation is 1. The van der Waals surface area contributed by atoms with Gasteiger partial charge in [-0.05, 0) is 67.0 Å². The molecule has 3 aliphatic rings. The summed E-state index contributed by atoms with van der Waals surface area (Å²) in [5.74, 6) is 1.08. The second kappa shape index (κ2) is 4.10. The standard InChI is InChI=1S/C21H20O/c1-13-2-4-15-10-18-19(11-16(15)8-13)21(7-6-20(18)22)12-14-3-5-17(21)9-14/h2-4,8,10-11,17H,5-7,9,12H2,1H3. The van der Waals surface area contributed by atoms with Gasteiger partial charge in [0.25, 0.3) is 0 Å². The molecule has 0 saturated heterocycles. The van der Waals surface area contributed by atoms with Crippen LogP contribution >= 0.6 is 0 Å². The molecule has 0 N–H and O–H groups in total. The topological polar surface area (TPSA) is 17.1 Å². The molecule has 2 unspecified atom stereocenters. The van der Waals surface area contributed by atoms with E-state index in [0.29, 0.717) is 5.78 Å². The molecule has 0 radical (unpaired) electrons. The Morgan fingerprint density at radius 3 is 2.82 bits per heavy atom. The molecule has 2 bridgehead atoms. The van der Waals surface area contributed by atoms with E-state index in [2.05, 4.69) is 43.3 Å². The van der Waals surface area contributed by atoms with Crippen LogP contribution in [-0.4, -0.2) is 5.78 Å². The Balaban J connectivity index is 1.80. The average molecular weight is 288 g/mol. The molecule has 3 aliphatic carbocycles. The Morgan fingerprint density at radius 2 is 2.05 bits per heavy atom. The van der Waals surface area contributed by atoms with Crippen LogP contribution in [0.2, 0.25) is 0 Å². The van der Waals surface area contributed by atoms with Gasteiger partial charge in [0, 0.05) is 17.4 Å². The third-order valence-electron chi connectivity index (χ3n) is 6.29. The van der Waals surface area contributed by atoms with Crippen molar-refractivity contribution in [2.45, 2.75) is 44.4 Å². The van der Waals surface area contributed by atoms with E-state index < -0.39 is 0 Å². The van der Waals surface area contributed by atoms with Crippen LogP contribution in [-0.2, 0) is 5.41 Å². The summed E-state index contributed by atoms with van der Waals surface area (Å²) in [5, 5.41) is 2.50. The molecule has 22 heavy (non-hydrogen) atoms. The summed E-state index contributed by atoms with van der Waals surface area (Å²) in [6, 6.07) is 11.1. The molecule has 1 spiro atoms. The number of ketones is 1. The lowest BCUT2D eigenvalue weighted by Crippen LogP contribution is -2.37. The lowest BCUT2D eigenvalue weighted by Gasteiger charge is -2.41. The van der Waals surface area contributed by atoms with Gasteiger partial charge in [-0.15, -0.1) is 0 Å². The van der Waals surface area contributed by atoms with Crippen molar-refractivity contribution in [1.29, 1.82) is 0 Å². The van der Waals surface area contributed by atoms with Gasteiger partial charge < -0.3 is 0 Å². The summed E-state index contributed by atoms with van der Waals surface area (Å²) >= 11 is 0. The first-order chi connectivity index (χ1) is 10.7. The Hall–Kier alpha value is -1.89. The smallest absolute Gasteiger partial charge is 0.163 e. The molecule has 2 aromatic carbocycles. The van der Waals surface area contributed by atoms with Crippen LogP contribution in [0.15, 0.2) is 42.0 Å². The van der Waals surface area contributed by atoms with Crippen molar-refractivity contribution < 1.29 is 4.79 Å². The lowest BCUT2D eigenvalue weighted by molar-refractivity contribution is 0.0940.